The second-order valence-corrected chi connectivity index (χ2v) is 6.99. The van der Waals surface area contributed by atoms with Crippen molar-refractivity contribution in [2.24, 2.45) is 0 Å². The van der Waals surface area contributed by atoms with Crippen LogP contribution in [0.2, 0.25) is 0 Å². The number of fused-ring (bicyclic) bond motifs is 2. The monoisotopic (exact) mass is 297 g/mol. The molecular weight excluding hydrogens is 270 g/mol. The minimum Gasteiger partial charge on any atom is -0.481 e. The molecule has 2 saturated heterocycles. The van der Waals surface area contributed by atoms with Crippen molar-refractivity contribution in [1.82, 2.24) is 15.1 Å². The van der Waals surface area contributed by atoms with Crippen LogP contribution in [0, 0.1) is 0 Å². The maximum atomic E-state index is 12.4. The van der Waals surface area contributed by atoms with Gasteiger partial charge in [-0.3, -0.25) is 9.69 Å². The SMILES string of the molecule is CN1C2CCC1CN(C(=O)NC(C)(C)CCC(=O)O)CC2. The molecule has 6 nitrogen and oxygen atoms in total. The van der Waals surface area contributed by atoms with Gasteiger partial charge in [-0.2, -0.15) is 0 Å². The molecule has 2 bridgehead atoms. The topological polar surface area (TPSA) is 72.9 Å². The summed E-state index contributed by atoms with van der Waals surface area (Å²) in [4.78, 5) is 27.4. The molecular formula is C15H27N3O3. The molecule has 2 heterocycles. The van der Waals surface area contributed by atoms with Crippen LogP contribution in [0.5, 0.6) is 0 Å². The zero-order valence-corrected chi connectivity index (χ0v) is 13.3. The average Bonchev–Trinajstić information content (AvgIpc) is 2.60. The van der Waals surface area contributed by atoms with Gasteiger partial charge in [0.15, 0.2) is 0 Å². The van der Waals surface area contributed by atoms with Crippen LogP contribution >= 0.6 is 0 Å². The van der Waals surface area contributed by atoms with Crippen molar-refractivity contribution < 1.29 is 14.7 Å². The van der Waals surface area contributed by atoms with Crippen molar-refractivity contribution in [3.05, 3.63) is 0 Å². The third-order valence-corrected chi connectivity index (χ3v) is 4.84. The van der Waals surface area contributed by atoms with Crippen LogP contribution in [0.15, 0.2) is 0 Å². The largest absolute Gasteiger partial charge is 0.481 e. The smallest absolute Gasteiger partial charge is 0.317 e. The van der Waals surface area contributed by atoms with E-state index in [2.05, 4.69) is 17.3 Å². The Morgan fingerprint density at radius 2 is 1.90 bits per heavy atom. The number of hydrogen-bond acceptors (Lipinski definition) is 3. The third-order valence-electron chi connectivity index (χ3n) is 4.84. The van der Waals surface area contributed by atoms with Crippen LogP contribution in [-0.4, -0.2) is 64.7 Å². The Bertz CT molecular complexity index is 411. The lowest BCUT2D eigenvalue weighted by atomic mass is 9.98. The first kappa shape index (κ1) is 16.1. The number of likely N-dealkylation sites (tertiary alicyclic amines) is 1. The van der Waals surface area contributed by atoms with Gasteiger partial charge in [-0.1, -0.05) is 0 Å². The second kappa shape index (κ2) is 6.22. The average molecular weight is 297 g/mol. The van der Waals surface area contributed by atoms with E-state index in [-0.39, 0.29) is 12.5 Å². The van der Waals surface area contributed by atoms with Gasteiger partial charge in [0.05, 0.1) is 0 Å². The fourth-order valence-electron chi connectivity index (χ4n) is 3.34. The molecule has 0 aromatic rings. The Labute approximate surface area is 126 Å². The van der Waals surface area contributed by atoms with Crippen molar-refractivity contribution >= 4 is 12.0 Å². The third kappa shape index (κ3) is 4.09. The molecule has 2 atom stereocenters. The van der Waals surface area contributed by atoms with E-state index in [1.165, 1.54) is 6.42 Å². The molecule has 2 N–H and O–H groups in total. The molecule has 120 valence electrons. The zero-order valence-electron chi connectivity index (χ0n) is 13.3. The summed E-state index contributed by atoms with van der Waals surface area (Å²) >= 11 is 0. The number of carbonyl (C=O) groups is 2. The Hall–Kier alpha value is -1.30. The number of nitrogens with zero attached hydrogens (tertiary/aromatic N) is 2. The fourth-order valence-corrected chi connectivity index (χ4v) is 3.34. The number of likely N-dealkylation sites (N-methyl/N-ethyl adjacent to an activating group) is 1. The highest BCUT2D eigenvalue weighted by molar-refractivity contribution is 5.75. The van der Waals surface area contributed by atoms with Crippen LogP contribution in [0.1, 0.15) is 46.0 Å². The van der Waals surface area contributed by atoms with E-state index in [9.17, 15) is 9.59 Å². The predicted molar refractivity (Wildman–Crippen MR) is 80.2 cm³/mol. The van der Waals surface area contributed by atoms with Crippen LogP contribution in [0.3, 0.4) is 0 Å². The van der Waals surface area contributed by atoms with Crippen LogP contribution < -0.4 is 5.32 Å². The quantitative estimate of drug-likeness (QED) is 0.825. The molecule has 0 spiro atoms. The Morgan fingerprint density at radius 1 is 1.24 bits per heavy atom. The van der Waals surface area contributed by atoms with Crippen LogP contribution in [0.4, 0.5) is 4.79 Å². The minimum atomic E-state index is -0.828. The fraction of sp³-hybridized carbons (Fsp3) is 0.867. The number of amides is 2. The number of aliphatic carboxylic acids is 1. The minimum absolute atomic E-state index is 0.0636. The van der Waals surface area contributed by atoms with E-state index in [0.29, 0.717) is 18.5 Å². The van der Waals surface area contributed by atoms with E-state index in [0.717, 1.165) is 25.9 Å². The molecule has 2 unspecified atom stereocenters. The summed E-state index contributed by atoms with van der Waals surface area (Å²) in [6.07, 6.45) is 3.93. The summed E-state index contributed by atoms with van der Waals surface area (Å²) in [5.74, 6) is -0.828. The van der Waals surface area contributed by atoms with Crippen molar-refractivity contribution in [1.29, 1.82) is 0 Å². The van der Waals surface area contributed by atoms with Gasteiger partial charge in [-0.25, -0.2) is 4.79 Å². The number of hydrogen-bond donors (Lipinski definition) is 2. The van der Waals surface area contributed by atoms with Gasteiger partial charge in [0, 0.05) is 37.1 Å². The second-order valence-electron chi connectivity index (χ2n) is 6.99. The van der Waals surface area contributed by atoms with Crippen molar-refractivity contribution in [3.8, 4) is 0 Å². The molecule has 21 heavy (non-hydrogen) atoms. The summed E-state index contributed by atoms with van der Waals surface area (Å²) in [7, 11) is 2.15. The number of carbonyl (C=O) groups excluding carboxylic acids is 1. The summed E-state index contributed by atoms with van der Waals surface area (Å²) in [5.41, 5.74) is -0.493. The number of carboxylic acid groups (broad SMARTS) is 1. The maximum absolute atomic E-state index is 12.4. The van der Waals surface area contributed by atoms with Crippen molar-refractivity contribution in [3.63, 3.8) is 0 Å². The Morgan fingerprint density at radius 3 is 2.57 bits per heavy atom. The first-order valence-electron chi connectivity index (χ1n) is 7.79. The molecule has 2 aliphatic rings. The molecule has 0 radical (unpaired) electrons. The van der Waals surface area contributed by atoms with Gasteiger partial charge in [0.1, 0.15) is 0 Å². The summed E-state index contributed by atoms with van der Waals surface area (Å²) in [6.45, 7) is 5.31. The lowest BCUT2D eigenvalue weighted by Crippen LogP contribution is -2.52. The van der Waals surface area contributed by atoms with Gasteiger partial charge in [0.2, 0.25) is 0 Å². The highest BCUT2D eigenvalue weighted by Gasteiger charge is 2.36. The lowest BCUT2D eigenvalue weighted by Gasteiger charge is -2.32. The summed E-state index contributed by atoms with van der Waals surface area (Å²) < 4.78 is 0. The Kier molecular flexibility index (Phi) is 4.76. The maximum Gasteiger partial charge on any atom is 0.317 e. The highest BCUT2D eigenvalue weighted by Crippen LogP contribution is 2.28. The molecule has 2 fully saturated rings. The summed E-state index contributed by atoms with van der Waals surface area (Å²) in [6, 6.07) is 1.00. The number of carboxylic acids is 1. The van der Waals surface area contributed by atoms with Gasteiger partial charge < -0.3 is 15.3 Å². The standard InChI is InChI=1S/C15H27N3O3/c1-15(2,8-6-13(19)20)16-14(21)18-9-7-11-4-5-12(10-18)17(11)3/h11-12H,4-10H2,1-3H3,(H,16,21)(H,19,20). The molecule has 0 aromatic heterocycles. The summed E-state index contributed by atoms with van der Waals surface area (Å²) in [5, 5.41) is 11.8. The van der Waals surface area contributed by atoms with E-state index in [4.69, 9.17) is 5.11 Å². The highest BCUT2D eigenvalue weighted by atomic mass is 16.4. The van der Waals surface area contributed by atoms with Gasteiger partial charge in [-0.15, -0.1) is 0 Å². The molecule has 2 amide bonds. The number of rotatable bonds is 4. The van der Waals surface area contributed by atoms with Crippen LogP contribution in [-0.2, 0) is 4.79 Å². The van der Waals surface area contributed by atoms with Crippen molar-refractivity contribution in [2.45, 2.75) is 63.6 Å². The molecule has 0 saturated carbocycles. The normalized spacial score (nSPS) is 26.5. The number of urea groups is 1. The number of nitrogens with one attached hydrogen (secondary N) is 1. The van der Waals surface area contributed by atoms with Crippen molar-refractivity contribution in [2.75, 3.05) is 20.1 Å². The van der Waals surface area contributed by atoms with Gasteiger partial charge in [-0.05, 0) is 46.6 Å². The predicted octanol–water partition coefficient (Wildman–Crippen LogP) is 1.51. The molecule has 0 aliphatic carbocycles. The lowest BCUT2D eigenvalue weighted by molar-refractivity contribution is -0.137. The van der Waals surface area contributed by atoms with Crippen LogP contribution in [0.25, 0.3) is 0 Å². The molecule has 0 aromatic carbocycles. The molecule has 2 aliphatic heterocycles. The van der Waals surface area contributed by atoms with E-state index < -0.39 is 11.5 Å². The first-order chi connectivity index (χ1) is 9.78. The van der Waals surface area contributed by atoms with E-state index in [1.807, 2.05) is 18.7 Å². The van der Waals surface area contributed by atoms with Gasteiger partial charge in [0.25, 0.3) is 0 Å². The van der Waals surface area contributed by atoms with E-state index in [1.54, 1.807) is 0 Å². The first-order valence-corrected chi connectivity index (χ1v) is 7.79. The molecule has 6 heteroatoms. The zero-order chi connectivity index (χ0) is 15.6. The Balaban J connectivity index is 1.89. The van der Waals surface area contributed by atoms with Gasteiger partial charge >= 0.3 is 12.0 Å². The molecule has 2 rings (SSSR count). The van der Waals surface area contributed by atoms with E-state index >= 15 is 0 Å².